The fraction of sp³-hybridized carbons (Fsp3) is 0.286. The van der Waals surface area contributed by atoms with Crippen LogP contribution in [0.5, 0.6) is 0 Å². The molecule has 0 saturated carbocycles. The van der Waals surface area contributed by atoms with Gasteiger partial charge in [0.15, 0.2) is 4.34 Å². The Morgan fingerprint density at radius 1 is 1.12 bits per heavy atom. The molecule has 0 bridgehead atoms. The highest BCUT2D eigenvalue weighted by atomic mass is 35.5. The molecule has 0 radical (unpaired) electrons. The van der Waals surface area contributed by atoms with Gasteiger partial charge in [0, 0.05) is 10.8 Å². The van der Waals surface area contributed by atoms with Crippen LogP contribution in [0.4, 0.5) is 10.8 Å². The number of nitrogens with one attached hydrogen (secondary N) is 1. The van der Waals surface area contributed by atoms with E-state index in [4.69, 9.17) is 11.6 Å². The van der Waals surface area contributed by atoms with Gasteiger partial charge in [-0.25, -0.2) is 8.42 Å². The molecular formula is C21H23ClN4O3S3. The fourth-order valence-corrected chi connectivity index (χ4v) is 5.90. The normalized spacial score (nSPS) is 11.5. The number of amides is 1. The zero-order chi connectivity index (χ0) is 23.3. The lowest BCUT2D eigenvalue weighted by Crippen LogP contribution is -2.38. The predicted octanol–water partition coefficient (Wildman–Crippen LogP) is 5.08. The van der Waals surface area contributed by atoms with Crippen LogP contribution in [0.15, 0.2) is 57.8 Å². The summed E-state index contributed by atoms with van der Waals surface area (Å²) in [6, 6.07) is 12.8. The molecule has 1 amide bonds. The Morgan fingerprint density at radius 3 is 2.41 bits per heavy atom. The third-order valence-corrected chi connectivity index (χ3v) is 8.64. The van der Waals surface area contributed by atoms with Gasteiger partial charge >= 0.3 is 0 Å². The molecule has 0 unspecified atom stereocenters. The minimum absolute atomic E-state index is 0.0918. The van der Waals surface area contributed by atoms with Crippen molar-refractivity contribution in [1.82, 2.24) is 10.2 Å². The summed E-state index contributed by atoms with van der Waals surface area (Å²) in [6.07, 6.45) is 0. The molecule has 1 N–H and O–H groups in total. The zero-order valence-corrected chi connectivity index (χ0v) is 21.0. The number of benzene rings is 2. The number of aromatic nitrogens is 2. The molecule has 3 aromatic rings. The number of halogens is 1. The van der Waals surface area contributed by atoms with Crippen LogP contribution in [0.3, 0.4) is 0 Å². The van der Waals surface area contributed by atoms with Crippen molar-refractivity contribution < 1.29 is 13.2 Å². The summed E-state index contributed by atoms with van der Waals surface area (Å²) in [5.41, 5.74) is 1.26. The van der Waals surface area contributed by atoms with Gasteiger partial charge in [0.05, 0.1) is 10.6 Å². The molecule has 0 aliphatic heterocycles. The molecule has 1 aromatic heterocycles. The van der Waals surface area contributed by atoms with Crippen molar-refractivity contribution in [1.29, 1.82) is 0 Å². The number of carbonyl (C=O) groups is 1. The molecule has 0 aliphatic rings. The van der Waals surface area contributed by atoms with E-state index in [0.29, 0.717) is 21.8 Å². The van der Waals surface area contributed by atoms with Crippen LogP contribution in [0.25, 0.3) is 0 Å². The Balaban J connectivity index is 1.82. The molecule has 1 heterocycles. The maximum absolute atomic E-state index is 13.4. The summed E-state index contributed by atoms with van der Waals surface area (Å²) in [6.45, 7) is 5.66. The van der Waals surface area contributed by atoms with Gasteiger partial charge in [-0.15, -0.1) is 10.2 Å². The van der Waals surface area contributed by atoms with Crippen LogP contribution in [0.1, 0.15) is 19.4 Å². The number of hydrogen-bond donors (Lipinski definition) is 1. The maximum atomic E-state index is 13.4. The molecule has 32 heavy (non-hydrogen) atoms. The number of sulfonamides is 1. The molecule has 0 saturated heterocycles. The monoisotopic (exact) mass is 510 g/mol. The van der Waals surface area contributed by atoms with E-state index in [-0.39, 0.29) is 4.90 Å². The highest BCUT2D eigenvalue weighted by Gasteiger charge is 2.27. The number of anilines is 2. The Kier molecular flexibility index (Phi) is 8.16. The van der Waals surface area contributed by atoms with Crippen molar-refractivity contribution in [2.24, 2.45) is 5.92 Å². The first kappa shape index (κ1) is 24.5. The third kappa shape index (κ3) is 6.44. The number of hydrogen-bond acceptors (Lipinski definition) is 7. The smallest absolute Gasteiger partial charge is 0.264 e. The van der Waals surface area contributed by atoms with Crippen molar-refractivity contribution in [2.75, 3.05) is 21.9 Å². The average molecular weight is 511 g/mol. The highest BCUT2D eigenvalue weighted by Crippen LogP contribution is 2.28. The second kappa shape index (κ2) is 10.7. The van der Waals surface area contributed by atoms with Gasteiger partial charge < -0.3 is 0 Å². The van der Waals surface area contributed by atoms with Crippen molar-refractivity contribution >= 4 is 61.4 Å². The molecule has 11 heteroatoms. The second-order valence-electron chi connectivity index (χ2n) is 7.43. The van der Waals surface area contributed by atoms with E-state index in [0.717, 1.165) is 20.0 Å². The Hall–Kier alpha value is -2.14. The minimum Gasteiger partial charge on any atom is -0.299 e. The largest absolute Gasteiger partial charge is 0.299 e. The molecule has 0 aliphatic carbocycles. The molecule has 7 nitrogen and oxygen atoms in total. The number of thioether (sulfide) groups is 1. The number of carbonyl (C=O) groups excluding carboxylic acids is 1. The van der Waals surface area contributed by atoms with E-state index < -0.39 is 22.5 Å². The first-order chi connectivity index (χ1) is 15.1. The Labute approximate surface area is 201 Å². The minimum atomic E-state index is -3.99. The van der Waals surface area contributed by atoms with Crippen LogP contribution in [-0.4, -0.2) is 36.8 Å². The second-order valence-corrected chi connectivity index (χ2v) is 12.0. The van der Waals surface area contributed by atoms with E-state index >= 15 is 0 Å². The van der Waals surface area contributed by atoms with E-state index in [1.807, 2.05) is 6.92 Å². The number of nitrogens with zero attached hydrogens (tertiary/aromatic N) is 3. The highest BCUT2D eigenvalue weighted by molar-refractivity contribution is 8.01. The summed E-state index contributed by atoms with van der Waals surface area (Å²) in [5, 5.41) is 11.5. The molecule has 0 atom stereocenters. The quantitative estimate of drug-likeness (QED) is 0.318. The van der Waals surface area contributed by atoms with Crippen LogP contribution < -0.4 is 9.62 Å². The van der Waals surface area contributed by atoms with E-state index in [2.05, 4.69) is 29.4 Å². The summed E-state index contributed by atoms with van der Waals surface area (Å²) < 4.78 is 28.5. The summed E-state index contributed by atoms with van der Waals surface area (Å²) in [7, 11) is -3.99. The van der Waals surface area contributed by atoms with Crippen LogP contribution in [0, 0.1) is 12.8 Å². The van der Waals surface area contributed by atoms with E-state index in [1.165, 1.54) is 23.5 Å². The van der Waals surface area contributed by atoms with E-state index in [1.54, 1.807) is 48.2 Å². The Morgan fingerprint density at radius 2 is 1.78 bits per heavy atom. The maximum Gasteiger partial charge on any atom is 0.264 e. The molecule has 170 valence electrons. The lowest BCUT2D eigenvalue weighted by atomic mass is 10.2. The van der Waals surface area contributed by atoms with Crippen molar-refractivity contribution in [3.8, 4) is 0 Å². The van der Waals surface area contributed by atoms with Gasteiger partial charge in [0.25, 0.3) is 10.0 Å². The van der Waals surface area contributed by atoms with Crippen molar-refractivity contribution in [2.45, 2.75) is 30.0 Å². The van der Waals surface area contributed by atoms with Gasteiger partial charge in [0.1, 0.15) is 6.54 Å². The van der Waals surface area contributed by atoms with Gasteiger partial charge in [-0.05, 0) is 49.2 Å². The van der Waals surface area contributed by atoms with Crippen LogP contribution in [0.2, 0.25) is 5.02 Å². The zero-order valence-electron chi connectivity index (χ0n) is 17.8. The molecule has 0 fully saturated rings. The topological polar surface area (TPSA) is 92.3 Å². The summed E-state index contributed by atoms with van der Waals surface area (Å²) in [5.74, 6) is 0.871. The van der Waals surface area contributed by atoms with Gasteiger partial charge in [-0.1, -0.05) is 66.2 Å². The lowest BCUT2D eigenvalue weighted by Gasteiger charge is -2.24. The molecule has 3 rings (SSSR count). The average Bonchev–Trinajstić information content (AvgIpc) is 3.19. The standard InChI is InChI=1S/C21H23ClN4O3S3/c1-14(2)13-30-21-25-24-20(31-21)23-19(27)12-26(17-8-6-16(22)7-9-17)32(28,29)18-10-4-15(3)5-11-18/h4-11,14H,12-13H2,1-3H3,(H,23,24,27). The molecule has 2 aromatic carbocycles. The van der Waals surface area contributed by atoms with Crippen molar-refractivity contribution in [3.05, 3.63) is 59.1 Å². The third-order valence-electron chi connectivity index (χ3n) is 4.20. The molecule has 0 spiro atoms. The first-order valence-corrected chi connectivity index (χ1v) is 13.4. The van der Waals surface area contributed by atoms with E-state index in [9.17, 15) is 13.2 Å². The first-order valence-electron chi connectivity index (χ1n) is 9.76. The summed E-state index contributed by atoms with van der Waals surface area (Å²) >= 11 is 8.79. The fourth-order valence-electron chi connectivity index (χ4n) is 2.61. The predicted molar refractivity (Wildman–Crippen MR) is 131 cm³/mol. The Bertz CT molecular complexity index is 1160. The number of rotatable bonds is 9. The molecular weight excluding hydrogens is 488 g/mol. The number of aryl methyl sites for hydroxylation is 1. The van der Waals surface area contributed by atoms with Gasteiger partial charge in [-0.2, -0.15) is 0 Å². The lowest BCUT2D eigenvalue weighted by molar-refractivity contribution is -0.114. The van der Waals surface area contributed by atoms with Crippen molar-refractivity contribution in [3.63, 3.8) is 0 Å². The van der Waals surface area contributed by atoms with Crippen LogP contribution in [-0.2, 0) is 14.8 Å². The van der Waals surface area contributed by atoms with Gasteiger partial charge in [0.2, 0.25) is 11.0 Å². The SMILES string of the molecule is Cc1ccc(S(=O)(=O)N(CC(=O)Nc2nnc(SCC(C)C)s2)c2ccc(Cl)cc2)cc1. The van der Waals surface area contributed by atoms with Gasteiger partial charge in [-0.3, -0.25) is 14.4 Å². The van der Waals surface area contributed by atoms with Crippen LogP contribution >= 0.6 is 34.7 Å². The summed E-state index contributed by atoms with van der Waals surface area (Å²) in [4.78, 5) is 12.9.